The number of anilines is 1. The Hall–Kier alpha value is -1.75. The molecule has 3 N–H and O–H groups in total. The zero-order valence-electron chi connectivity index (χ0n) is 10.8. The minimum absolute atomic E-state index is 0.0280. The van der Waals surface area contributed by atoms with Gasteiger partial charge in [0, 0.05) is 25.3 Å². The van der Waals surface area contributed by atoms with E-state index in [0.29, 0.717) is 24.4 Å². The van der Waals surface area contributed by atoms with Crippen LogP contribution in [-0.4, -0.2) is 42.2 Å². The number of aliphatic hydroxyl groups excluding tert-OH is 1. The van der Waals surface area contributed by atoms with Crippen LogP contribution >= 0.6 is 0 Å². The van der Waals surface area contributed by atoms with Crippen molar-refractivity contribution >= 4 is 11.6 Å². The monoisotopic (exact) mass is 252 g/mol. The molecule has 0 fully saturated rings. The van der Waals surface area contributed by atoms with E-state index >= 15 is 0 Å². The van der Waals surface area contributed by atoms with Gasteiger partial charge < -0.3 is 20.5 Å². The number of aliphatic hydroxyl groups is 1. The number of likely N-dealkylation sites (N-methyl/N-ethyl adjacent to an activating group) is 1. The second kappa shape index (κ2) is 6.86. The summed E-state index contributed by atoms with van der Waals surface area (Å²) in [6, 6.07) is 6.94. The largest absolute Gasteiger partial charge is 0.484 e. The van der Waals surface area contributed by atoms with Crippen molar-refractivity contribution in [3.63, 3.8) is 0 Å². The molecular weight excluding hydrogens is 232 g/mol. The highest BCUT2D eigenvalue weighted by molar-refractivity contribution is 5.77. The molecule has 100 valence electrons. The van der Waals surface area contributed by atoms with E-state index in [-0.39, 0.29) is 12.5 Å². The maximum atomic E-state index is 11.7. The van der Waals surface area contributed by atoms with Crippen LogP contribution in [0.15, 0.2) is 24.3 Å². The van der Waals surface area contributed by atoms with E-state index < -0.39 is 6.10 Å². The van der Waals surface area contributed by atoms with Gasteiger partial charge in [-0.05, 0) is 25.5 Å². The highest BCUT2D eigenvalue weighted by Gasteiger charge is 2.10. The lowest BCUT2D eigenvalue weighted by Gasteiger charge is -2.18. The number of nitrogens with two attached hydrogens (primary N) is 1. The average molecular weight is 252 g/mol. The molecule has 0 saturated carbocycles. The normalized spacial score (nSPS) is 11.9. The number of ether oxygens (including phenoxy) is 1. The molecule has 0 saturated heterocycles. The van der Waals surface area contributed by atoms with Crippen LogP contribution in [0.3, 0.4) is 0 Å². The number of hydrogen-bond donors (Lipinski definition) is 2. The molecule has 0 aromatic heterocycles. The van der Waals surface area contributed by atoms with Gasteiger partial charge in [0.2, 0.25) is 0 Å². The lowest BCUT2D eigenvalue weighted by atomic mass is 10.3. The van der Waals surface area contributed by atoms with Crippen molar-refractivity contribution in [1.29, 1.82) is 0 Å². The van der Waals surface area contributed by atoms with Gasteiger partial charge in [0.05, 0.1) is 6.10 Å². The van der Waals surface area contributed by atoms with Crippen LogP contribution in [0, 0.1) is 0 Å². The van der Waals surface area contributed by atoms with Gasteiger partial charge in [-0.2, -0.15) is 0 Å². The Morgan fingerprint density at radius 2 is 2.28 bits per heavy atom. The third kappa shape index (κ3) is 5.05. The van der Waals surface area contributed by atoms with Crippen LogP contribution in [0.25, 0.3) is 0 Å². The van der Waals surface area contributed by atoms with Crippen LogP contribution in [0.5, 0.6) is 5.75 Å². The Morgan fingerprint density at radius 1 is 1.56 bits per heavy atom. The van der Waals surface area contributed by atoms with Gasteiger partial charge >= 0.3 is 0 Å². The second-order valence-corrected chi connectivity index (χ2v) is 4.31. The molecule has 5 nitrogen and oxygen atoms in total. The number of hydrogen-bond acceptors (Lipinski definition) is 4. The van der Waals surface area contributed by atoms with Crippen LogP contribution in [-0.2, 0) is 4.79 Å². The molecular formula is C13H20N2O3. The second-order valence-electron chi connectivity index (χ2n) is 4.31. The van der Waals surface area contributed by atoms with Gasteiger partial charge in [-0.15, -0.1) is 0 Å². The van der Waals surface area contributed by atoms with E-state index in [1.54, 1.807) is 43.1 Å². The zero-order chi connectivity index (χ0) is 13.5. The van der Waals surface area contributed by atoms with Crippen molar-refractivity contribution in [3.8, 4) is 5.75 Å². The summed E-state index contributed by atoms with van der Waals surface area (Å²) in [7, 11) is 1.69. The van der Waals surface area contributed by atoms with Crippen molar-refractivity contribution in [2.24, 2.45) is 0 Å². The molecule has 0 heterocycles. The first-order valence-electron chi connectivity index (χ1n) is 5.89. The minimum atomic E-state index is -0.407. The Morgan fingerprint density at radius 3 is 2.89 bits per heavy atom. The number of rotatable bonds is 6. The molecule has 1 amide bonds. The standard InChI is InChI=1S/C13H20N2O3/c1-10(16)6-7-15(2)13(17)9-18-12-5-3-4-11(14)8-12/h3-5,8,10,16H,6-7,9,14H2,1-2H3. The molecule has 0 aliphatic rings. The van der Waals surface area contributed by atoms with Crippen molar-refractivity contribution in [1.82, 2.24) is 4.90 Å². The van der Waals surface area contributed by atoms with Gasteiger partial charge in [0.25, 0.3) is 5.91 Å². The summed E-state index contributed by atoms with van der Waals surface area (Å²) in [5.41, 5.74) is 6.20. The number of benzene rings is 1. The van der Waals surface area contributed by atoms with E-state index in [9.17, 15) is 4.79 Å². The summed E-state index contributed by atoms with van der Waals surface area (Å²) in [6.07, 6.45) is 0.149. The summed E-state index contributed by atoms with van der Waals surface area (Å²) < 4.78 is 5.34. The zero-order valence-corrected chi connectivity index (χ0v) is 10.8. The highest BCUT2D eigenvalue weighted by atomic mass is 16.5. The molecule has 1 unspecified atom stereocenters. The molecule has 1 atom stereocenters. The number of carbonyl (C=O) groups excluding carboxylic acids is 1. The van der Waals surface area contributed by atoms with Gasteiger partial charge in [-0.3, -0.25) is 4.79 Å². The fourth-order valence-electron chi connectivity index (χ4n) is 1.36. The first-order valence-corrected chi connectivity index (χ1v) is 5.89. The lowest BCUT2D eigenvalue weighted by molar-refractivity contribution is -0.132. The summed E-state index contributed by atoms with van der Waals surface area (Å²) in [4.78, 5) is 13.2. The first kappa shape index (κ1) is 14.3. The Labute approximate surface area is 107 Å². The Kier molecular flexibility index (Phi) is 5.45. The maximum Gasteiger partial charge on any atom is 0.260 e. The van der Waals surface area contributed by atoms with Crippen molar-refractivity contribution in [2.75, 3.05) is 25.9 Å². The van der Waals surface area contributed by atoms with E-state index in [2.05, 4.69) is 0 Å². The van der Waals surface area contributed by atoms with Crippen LogP contribution in [0.4, 0.5) is 5.69 Å². The fourth-order valence-corrected chi connectivity index (χ4v) is 1.36. The molecule has 1 aromatic rings. The number of nitrogen functional groups attached to an aromatic ring is 1. The predicted molar refractivity (Wildman–Crippen MR) is 70.3 cm³/mol. The summed E-state index contributed by atoms with van der Waals surface area (Å²) in [5, 5.41) is 9.14. The van der Waals surface area contributed by atoms with E-state index in [1.807, 2.05) is 0 Å². The van der Waals surface area contributed by atoms with Crippen LogP contribution in [0.1, 0.15) is 13.3 Å². The molecule has 1 rings (SSSR count). The van der Waals surface area contributed by atoms with E-state index in [4.69, 9.17) is 15.6 Å². The lowest BCUT2D eigenvalue weighted by Crippen LogP contribution is -2.33. The number of nitrogens with zero attached hydrogens (tertiary/aromatic N) is 1. The molecule has 0 aliphatic heterocycles. The SMILES string of the molecule is CC(O)CCN(C)C(=O)COc1cccc(N)c1. The molecule has 1 aromatic carbocycles. The van der Waals surface area contributed by atoms with Gasteiger partial charge in [-0.25, -0.2) is 0 Å². The smallest absolute Gasteiger partial charge is 0.260 e. The molecule has 5 heteroatoms. The maximum absolute atomic E-state index is 11.7. The molecule has 18 heavy (non-hydrogen) atoms. The van der Waals surface area contributed by atoms with Crippen molar-refractivity contribution in [3.05, 3.63) is 24.3 Å². The number of carbonyl (C=O) groups is 1. The molecule has 0 spiro atoms. The van der Waals surface area contributed by atoms with E-state index in [0.717, 1.165) is 0 Å². The third-order valence-electron chi connectivity index (χ3n) is 2.53. The Bertz CT molecular complexity index is 394. The van der Waals surface area contributed by atoms with Crippen LogP contribution in [0.2, 0.25) is 0 Å². The summed E-state index contributed by atoms with van der Waals surface area (Å²) in [5.74, 6) is 0.449. The van der Waals surface area contributed by atoms with Crippen LogP contribution < -0.4 is 10.5 Å². The highest BCUT2D eigenvalue weighted by Crippen LogP contribution is 2.14. The third-order valence-corrected chi connectivity index (χ3v) is 2.53. The van der Waals surface area contributed by atoms with Gasteiger partial charge in [0.1, 0.15) is 5.75 Å². The fraction of sp³-hybridized carbons (Fsp3) is 0.462. The van der Waals surface area contributed by atoms with Gasteiger partial charge in [-0.1, -0.05) is 6.07 Å². The Balaban J connectivity index is 2.36. The molecule has 0 radical (unpaired) electrons. The molecule has 0 bridgehead atoms. The summed E-state index contributed by atoms with van der Waals surface area (Å²) >= 11 is 0. The molecule has 0 aliphatic carbocycles. The first-order chi connectivity index (χ1) is 8.49. The van der Waals surface area contributed by atoms with Crippen molar-refractivity contribution in [2.45, 2.75) is 19.4 Å². The van der Waals surface area contributed by atoms with Gasteiger partial charge in [0.15, 0.2) is 6.61 Å². The predicted octanol–water partition coefficient (Wildman–Crippen LogP) is 0.877. The minimum Gasteiger partial charge on any atom is -0.484 e. The van der Waals surface area contributed by atoms with Crippen molar-refractivity contribution < 1.29 is 14.6 Å². The number of amides is 1. The summed E-state index contributed by atoms with van der Waals surface area (Å²) in [6.45, 7) is 2.18. The topological polar surface area (TPSA) is 75.8 Å². The quantitative estimate of drug-likeness (QED) is 0.737. The van der Waals surface area contributed by atoms with E-state index in [1.165, 1.54) is 0 Å². The average Bonchev–Trinajstić information content (AvgIpc) is 2.33.